The van der Waals surface area contributed by atoms with Crippen LogP contribution in [0.25, 0.3) is 0 Å². The lowest BCUT2D eigenvalue weighted by molar-refractivity contribution is -0.384. The van der Waals surface area contributed by atoms with Crippen LogP contribution in [0.15, 0.2) is 42.5 Å². The number of halogens is 3. The molecule has 0 saturated carbocycles. The Labute approximate surface area is 183 Å². The van der Waals surface area contributed by atoms with Gasteiger partial charge < -0.3 is 15.0 Å². The van der Waals surface area contributed by atoms with Crippen molar-refractivity contribution < 1.29 is 27.6 Å². The fourth-order valence-electron chi connectivity index (χ4n) is 3.93. The molecule has 1 unspecified atom stereocenters. The van der Waals surface area contributed by atoms with Crippen molar-refractivity contribution in [2.45, 2.75) is 32.0 Å². The number of carbonyl (C=O) groups excluding carboxylic acids is 1. The fraction of sp³-hybridized carbons (Fsp3) is 0.409. The van der Waals surface area contributed by atoms with Crippen LogP contribution in [-0.4, -0.2) is 31.0 Å². The van der Waals surface area contributed by atoms with Crippen LogP contribution in [0.1, 0.15) is 36.9 Å². The molecule has 1 aliphatic heterocycles. The highest BCUT2D eigenvalue weighted by molar-refractivity contribution is 5.79. The van der Waals surface area contributed by atoms with Gasteiger partial charge >= 0.3 is 6.18 Å². The third-order valence-electron chi connectivity index (χ3n) is 5.67. The summed E-state index contributed by atoms with van der Waals surface area (Å²) in [5.41, 5.74) is -0.675. The summed E-state index contributed by atoms with van der Waals surface area (Å²) in [5, 5.41) is 14.3. The summed E-state index contributed by atoms with van der Waals surface area (Å²) in [6, 6.07) is 9.64. The predicted molar refractivity (Wildman–Crippen MR) is 113 cm³/mol. The van der Waals surface area contributed by atoms with Crippen molar-refractivity contribution in [3.8, 4) is 5.75 Å². The number of para-hydroxylation sites is 1. The summed E-state index contributed by atoms with van der Waals surface area (Å²) in [6.45, 7) is 2.51. The summed E-state index contributed by atoms with van der Waals surface area (Å²) in [7, 11) is 1.56. The Hall–Kier alpha value is -3.30. The van der Waals surface area contributed by atoms with E-state index in [1.165, 1.54) is 0 Å². The first kappa shape index (κ1) is 23.4. The number of hydrogen-bond donors (Lipinski definition) is 1. The van der Waals surface area contributed by atoms with Gasteiger partial charge in [0.2, 0.25) is 5.91 Å². The predicted octanol–water partition coefficient (Wildman–Crippen LogP) is 4.72. The maximum atomic E-state index is 12.9. The van der Waals surface area contributed by atoms with E-state index in [-0.39, 0.29) is 23.6 Å². The Morgan fingerprint density at radius 1 is 1.22 bits per heavy atom. The molecule has 3 rings (SSSR count). The van der Waals surface area contributed by atoms with Crippen LogP contribution in [-0.2, 0) is 11.0 Å². The van der Waals surface area contributed by atoms with Gasteiger partial charge in [-0.2, -0.15) is 13.2 Å². The molecule has 32 heavy (non-hydrogen) atoms. The van der Waals surface area contributed by atoms with E-state index in [9.17, 15) is 28.1 Å². The number of hydrogen-bond acceptors (Lipinski definition) is 5. The van der Waals surface area contributed by atoms with Crippen LogP contribution in [0.2, 0.25) is 0 Å². The van der Waals surface area contributed by atoms with E-state index in [2.05, 4.69) is 5.32 Å². The van der Waals surface area contributed by atoms with Crippen LogP contribution in [0, 0.1) is 16.0 Å². The lowest BCUT2D eigenvalue weighted by Gasteiger charge is -2.33. The van der Waals surface area contributed by atoms with Crippen LogP contribution in [0.4, 0.5) is 24.5 Å². The highest BCUT2D eigenvalue weighted by Crippen LogP contribution is 2.37. The smallest absolute Gasteiger partial charge is 0.416 e. The van der Waals surface area contributed by atoms with Crippen LogP contribution < -0.4 is 15.0 Å². The molecule has 1 aliphatic rings. The Kier molecular flexibility index (Phi) is 6.90. The largest absolute Gasteiger partial charge is 0.496 e. The van der Waals surface area contributed by atoms with Gasteiger partial charge in [-0.3, -0.25) is 14.9 Å². The molecule has 1 atom stereocenters. The Bertz CT molecular complexity index is 989. The van der Waals surface area contributed by atoms with Crippen molar-refractivity contribution in [1.82, 2.24) is 5.32 Å². The number of nitrogens with zero attached hydrogens (tertiary/aromatic N) is 2. The molecule has 1 amide bonds. The van der Waals surface area contributed by atoms with Crippen molar-refractivity contribution in [1.29, 1.82) is 0 Å². The number of benzene rings is 2. The molecule has 172 valence electrons. The first-order valence-corrected chi connectivity index (χ1v) is 10.2. The van der Waals surface area contributed by atoms with E-state index in [1.807, 2.05) is 31.2 Å². The topological polar surface area (TPSA) is 84.7 Å². The van der Waals surface area contributed by atoms with Gasteiger partial charge in [-0.1, -0.05) is 18.2 Å². The summed E-state index contributed by atoms with van der Waals surface area (Å²) < 4.78 is 44.1. The first-order valence-electron chi connectivity index (χ1n) is 10.2. The lowest BCUT2D eigenvalue weighted by atomic mass is 9.94. The molecule has 1 heterocycles. The van der Waals surface area contributed by atoms with Crippen molar-refractivity contribution in [2.24, 2.45) is 5.92 Å². The summed E-state index contributed by atoms with van der Waals surface area (Å²) in [6.07, 6.45) is -3.79. The molecule has 7 nitrogen and oxygen atoms in total. The number of nitro groups is 1. The fourth-order valence-corrected chi connectivity index (χ4v) is 3.93. The zero-order valence-electron chi connectivity index (χ0n) is 17.7. The minimum atomic E-state index is -4.66. The zero-order chi connectivity index (χ0) is 23.5. The second-order valence-corrected chi connectivity index (χ2v) is 7.69. The van der Waals surface area contributed by atoms with Crippen molar-refractivity contribution >= 4 is 17.3 Å². The number of ether oxygens (including phenoxy) is 1. The molecule has 0 aromatic heterocycles. The minimum absolute atomic E-state index is 0.129. The van der Waals surface area contributed by atoms with Crippen molar-refractivity contribution in [3.05, 3.63) is 63.7 Å². The third-order valence-corrected chi connectivity index (χ3v) is 5.67. The van der Waals surface area contributed by atoms with Crippen LogP contribution in [0.5, 0.6) is 5.75 Å². The number of piperidine rings is 1. The van der Waals surface area contributed by atoms with E-state index in [0.717, 1.165) is 17.7 Å². The highest BCUT2D eigenvalue weighted by atomic mass is 19.4. The molecule has 0 spiro atoms. The maximum absolute atomic E-state index is 12.9. The van der Waals surface area contributed by atoms with Gasteiger partial charge in [-0.05, 0) is 38.0 Å². The number of methoxy groups -OCH3 is 1. The Morgan fingerprint density at radius 3 is 2.47 bits per heavy atom. The summed E-state index contributed by atoms with van der Waals surface area (Å²) in [5.74, 6) is 0.242. The number of rotatable bonds is 6. The van der Waals surface area contributed by atoms with Gasteiger partial charge in [0, 0.05) is 30.6 Å². The molecule has 1 N–H and O–H groups in total. The molecule has 1 saturated heterocycles. The number of anilines is 1. The van der Waals surface area contributed by atoms with Gasteiger partial charge in [0.15, 0.2) is 0 Å². The monoisotopic (exact) mass is 451 g/mol. The van der Waals surface area contributed by atoms with E-state index in [1.54, 1.807) is 12.0 Å². The summed E-state index contributed by atoms with van der Waals surface area (Å²) in [4.78, 5) is 25.0. The van der Waals surface area contributed by atoms with E-state index >= 15 is 0 Å². The SMILES string of the molecule is COc1ccccc1C(C)NC(=O)C1CCN(c2ccc(C(F)(F)F)cc2[N+](=O)[O-])CC1. The van der Waals surface area contributed by atoms with Crippen molar-refractivity contribution in [3.63, 3.8) is 0 Å². The second kappa shape index (κ2) is 9.46. The average molecular weight is 451 g/mol. The highest BCUT2D eigenvalue weighted by Gasteiger charge is 2.35. The Balaban J connectivity index is 1.66. The number of carbonyl (C=O) groups is 1. The molecule has 0 aliphatic carbocycles. The van der Waals surface area contributed by atoms with Crippen LogP contribution >= 0.6 is 0 Å². The number of amides is 1. The lowest BCUT2D eigenvalue weighted by Crippen LogP contribution is -2.41. The minimum Gasteiger partial charge on any atom is -0.496 e. The van der Waals surface area contributed by atoms with E-state index in [4.69, 9.17) is 4.74 Å². The second-order valence-electron chi connectivity index (χ2n) is 7.69. The molecular formula is C22H24F3N3O4. The molecule has 0 radical (unpaired) electrons. The quantitative estimate of drug-likeness (QED) is 0.508. The first-order chi connectivity index (χ1) is 15.1. The molecule has 10 heteroatoms. The average Bonchev–Trinajstić information content (AvgIpc) is 2.78. The molecule has 0 bridgehead atoms. The van der Waals surface area contributed by atoms with E-state index < -0.39 is 22.4 Å². The normalized spacial score (nSPS) is 15.8. The van der Waals surface area contributed by atoms with Gasteiger partial charge in [-0.25, -0.2) is 0 Å². The van der Waals surface area contributed by atoms with Gasteiger partial charge in [-0.15, -0.1) is 0 Å². The van der Waals surface area contributed by atoms with Gasteiger partial charge in [0.05, 0.1) is 23.6 Å². The van der Waals surface area contributed by atoms with E-state index in [0.29, 0.717) is 37.7 Å². The zero-order valence-corrected chi connectivity index (χ0v) is 17.7. The van der Waals surface area contributed by atoms with Crippen molar-refractivity contribution in [2.75, 3.05) is 25.1 Å². The summed E-state index contributed by atoms with van der Waals surface area (Å²) >= 11 is 0. The molecule has 2 aromatic carbocycles. The third kappa shape index (κ3) is 5.12. The number of nitro benzene ring substituents is 1. The van der Waals surface area contributed by atoms with Gasteiger partial charge in [0.25, 0.3) is 5.69 Å². The molecular weight excluding hydrogens is 427 g/mol. The standard InChI is InChI=1S/C22H24F3N3O4/c1-14(17-5-3-4-6-20(17)32-2)26-21(29)15-9-11-27(12-10-15)18-8-7-16(22(23,24)25)13-19(18)28(30)31/h3-8,13-15H,9-12H2,1-2H3,(H,26,29). The molecule has 1 fully saturated rings. The van der Waals surface area contributed by atoms with Gasteiger partial charge in [0.1, 0.15) is 11.4 Å². The number of nitrogens with one attached hydrogen (secondary N) is 1. The maximum Gasteiger partial charge on any atom is 0.416 e. The Morgan fingerprint density at radius 2 is 1.88 bits per heavy atom. The number of alkyl halides is 3. The van der Waals surface area contributed by atoms with Crippen LogP contribution in [0.3, 0.4) is 0 Å². The molecule has 2 aromatic rings.